The summed E-state index contributed by atoms with van der Waals surface area (Å²) in [5.74, 6) is 2.73. The van der Waals surface area contributed by atoms with Gasteiger partial charge in [-0.05, 0) is 54.7 Å². The summed E-state index contributed by atoms with van der Waals surface area (Å²) in [5, 5.41) is 11.6. The van der Waals surface area contributed by atoms with Crippen molar-refractivity contribution in [3.05, 3.63) is 59.0 Å². The number of hydrogen-bond donors (Lipinski definition) is 1. The molecule has 0 bridgehead atoms. The van der Waals surface area contributed by atoms with E-state index in [0.29, 0.717) is 35.3 Å². The molecule has 0 saturated carbocycles. The molecule has 2 aliphatic heterocycles. The second-order valence-electron chi connectivity index (χ2n) is 9.60. The summed E-state index contributed by atoms with van der Waals surface area (Å²) in [7, 11) is 3.61. The highest BCUT2D eigenvalue weighted by molar-refractivity contribution is 6.15. The van der Waals surface area contributed by atoms with Gasteiger partial charge in [0.15, 0.2) is 5.76 Å². The van der Waals surface area contributed by atoms with E-state index >= 15 is 0 Å². The van der Waals surface area contributed by atoms with Crippen LogP contribution in [0.15, 0.2) is 42.3 Å². The Morgan fingerprint density at radius 2 is 1.94 bits per heavy atom. The number of aromatic nitrogens is 1. The molecule has 1 aromatic heterocycles. The molecule has 33 heavy (non-hydrogen) atoms. The lowest BCUT2D eigenvalue weighted by Gasteiger charge is -2.35. The lowest BCUT2D eigenvalue weighted by Crippen LogP contribution is -2.38. The van der Waals surface area contributed by atoms with Crippen molar-refractivity contribution in [2.24, 2.45) is 18.9 Å². The van der Waals surface area contributed by atoms with Crippen LogP contribution in [0, 0.1) is 11.8 Å². The molecule has 172 valence electrons. The van der Waals surface area contributed by atoms with Crippen molar-refractivity contribution in [2.45, 2.75) is 26.8 Å². The van der Waals surface area contributed by atoms with Crippen LogP contribution < -0.4 is 9.47 Å². The number of rotatable bonds is 4. The van der Waals surface area contributed by atoms with E-state index < -0.39 is 0 Å². The van der Waals surface area contributed by atoms with Crippen LogP contribution in [0.2, 0.25) is 0 Å². The van der Waals surface area contributed by atoms with Gasteiger partial charge in [0, 0.05) is 49.3 Å². The van der Waals surface area contributed by atoms with Gasteiger partial charge in [0.2, 0.25) is 5.78 Å². The maximum atomic E-state index is 13.2. The number of ketones is 1. The number of allylic oxidation sites excluding steroid dienone is 1. The average molecular weight is 447 g/mol. The quantitative estimate of drug-likeness (QED) is 0.572. The Balaban J connectivity index is 1.50. The smallest absolute Gasteiger partial charge is 0.231 e. The molecule has 1 saturated heterocycles. The SMILES string of the molecule is COc1ccc2c(c1)c(C=C1Oc3c(ccc(O)c3CN3C[C@H](C)C[C@H](C)C3)C1=O)cn2C. The van der Waals surface area contributed by atoms with Gasteiger partial charge in [-0.15, -0.1) is 0 Å². The molecule has 0 unspecified atom stereocenters. The van der Waals surface area contributed by atoms with Crippen molar-refractivity contribution in [1.82, 2.24) is 9.47 Å². The van der Waals surface area contributed by atoms with Crippen LogP contribution in [0.5, 0.6) is 17.2 Å². The van der Waals surface area contributed by atoms with Gasteiger partial charge >= 0.3 is 0 Å². The lowest BCUT2D eigenvalue weighted by atomic mass is 9.91. The first-order valence-corrected chi connectivity index (χ1v) is 11.5. The zero-order chi connectivity index (χ0) is 23.3. The monoisotopic (exact) mass is 446 g/mol. The number of fused-ring (bicyclic) bond motifs is 2. The number of piperidine rings is 1. The number of hydrogen-bond acceptors (Lipinski definition) is 5. The standard InChI is InChI=1S/C27H30N2O4/c1-16-9-17(2)13-29(12-16)15-22-24(30)8-6-20-26(31)25(33-27(20)22)10-18-14-28(3)23-7-5-19(32-4)11-21(18)23/h5-8,10-11,14,16-17,30H,9,12-13,15H2,1-4H3/t16-,17+. The van der Waals surface area contributed by atoms with E-state index in [2.05, 4.69) is 18.7 Å². The largest absolute Gasteiger partial charge is 0.507 e. The van der Waals surface area contributed by atoms with E-state index in [4.69, 9.17) is 9.47 Å². The third-order valence-corrected chi connectivity index (χ3v) is 6.76. The van der Waals surface area contributed by atoms with Crippen LogP contribution in [0.4, 0.5) is 0 Å². The molecule has 1 N–H and O–H groups in total. The van der Waals surface area contributed by atoms with Crippen LogP contribution in [0.3, 0.4) is 0 Å². The van der Waals surface area contributed by atoms with Crippen molar-refractivity contribution in [3.8, 4) is 17.2 Å². The van der Waals surface area contributed by atoms with Crippen LogP contribution in [0.1, 0.15) is 41.8 Å². The van der Waals surface area contributed by atoms with Gasteiger partial charge in [0.25, 0.3) is 0 Å². The maximum Gasteiger partial charge on any atom is 0.231 e. The van der Waals surface area contributed by atoms with E-state index in [9.17, 15) is 9.90 Å². The third-order valence-electron chi connectivity index (χ3n) is 6.76. The number of phenolic OH excluding ortho intramolecular Hbond substituents is 1. The van der Waals surface area contributed by atoms with Gasteiger partial charge in [0.05, 0.1) is 18.2 Å². The van der Waals surface area contributed by atoms with E-state index in [0.717, 1.165) is 35.3 Å². The Morgan fingerprint density at radius 3 is 2.67 bits per heavy atom. The topological polar surface area (TPSA) is 63.9 Å². The van der Waals surface area contributed by atoms with Crippen molar-refractivity contribution >= 4 is 22.8 Å². The van der Waals surface area contributed by atoms with E-state index in [1.807, 2.05) is 36.0 Å². The predicted molar refractivity (Wildman–Crippen MR) is 129 cm³/mol. The molecule has 3 aromatic rings. The van der Waals surface area contributed by atoms with Crippen molar-refractivity contribution in [2.75, 3.05) is 20.2 Å². The zero-order valence-corrected chi connectivity index (χ0v) is 19.6. The lowest BCUT2D eigenvalue weighted by molar-refractivity contribution is 0.101. The van der Waals surface area contributed by atoms with Gasteiger partial charge < -0.3 is 19.1 Å². The summed E-state index contributed by atoms with van der Waals surface area (Å²) in [5.41, 5.74) is 3.11. The third kappa shape index (κ3) is 3.89. The first kappa shape index (κ1) is 21.6. The van der Waals surface area contributed by atoms with E-state index in [1.165, 1.54) is 6.42 Å². The van der Waals surface area contributed by atoms with Gasteiger partial charge in [-0.2, -0.15) is 0 Å². The first-order valence-electron chi connectivity index (χ1n) is 11.5. The molecule has 2 aliphatic rings. The summed E-state index contributed by atoms with van der Waals surface area (Å²) in [6.45, 7) is 7.04. The molecule has 2 atom stereocenters. The molecule has 0 radical (unpaired) electrons. The Bertz CT molecular complexity index is 1260. The normalized spacial score (nSPS) is 22.1. The van der Waals surface area contributed by atoms with Gasteiger partial charge in [-0.25, -0.2) is 0 Å². The van der Waals surface area contributed by atoms with Gasteiger partial charge in [-0.3, -0.25) is 9.69 Å². The number of methoxy groups -OCH3 is 1. The number of carbonyl (C=O) groups excluding carboxylic acids is 1. The minimum Gasteiger partial charge on any atom is -0.507 e. The van der Waals surface area contributed by atoms with Crippen molar-refractivity contribution < 1.29 is 19.4 Å². The van der Waals surface area contributed by atoms with Crippen molar-refractivity contribution in [3.63, 3.8) is 0 Å². The Hall–Kier alpha value is -3.25. The highest BCUT2D eigenvalue weighted by Crippen LogP contribution is 2.41. The summed E-state index contributed by atoms with van der Waals surface area (Å²) in [4.78, 5) is 15.6. The Kier molecular flexibility index (Phi) is 5.41. The molecule has 6 nitrogen and oxygen atoms in total. The molecule has 0 amide bonds. The van der Waals surface area contributed by atoms with Gasteiger partial charge in [-0.1, -0.05) is 13.8 Å². The minimum atomic E-state index is -0.161. The van der Waals surface area contributed by atoms with Gasteiger partial charge in [0.1, 0.15) is 17.2 Å². The number of likely N-dealkylation sites (tertiary alicyclic amines) is 1. The number of benzene rings is 2. The fourth-order valence-electron chi connectivity index (χ4n) is 5.38. The molecule has 0 spiro atoms. The fraction of sp³-hybridized carbons (Fsp3) is 0.370. The number of aryl methyl sites for hydroxylation is 1. The number of phenols is 1. The molecule has 1 fully saturated rings. The molecule has 2 aromatic carbocycles. The summed E-state index contributed by atoms with van der Waals surface area (Å²) in [6, 6.07) is 9.15. The highest BCUT2D eigenvalue weighted by atomic mass is 16.5. The zero-order valence-electron chi connectivity index (χ0n) is 19.6. The molecular weight excluding hydrogens is 416 g/mol. The van der Waals surface area contributed by atoms with E-state index in [-0.39, 0.29) is 17.3 Å². The number of carbonyl (C=O) groups is 1. The number of aromatic hydroxyl groups is 1. The average Bonchev–Trinajstić information content (AvgIpc) is 3.26. The minimum absolute atomic E-state index is 0.161. The Morgan fingerprint density at radius 1 is 1.18 bits per heavy atom. The van der Waals surface area contributed by atoms with Crippen LogP contribution in [-0.2, 0) is 13.6 Å². The second-order valence-corrected chi connectivity index (χ2v) is 9.60. The first-order chi connectivity index (χ1) is 15.8. The highest BCUT2D eigenvalue weighted by Gasteiger charge is 2.33. The molecule has 6 heteroatoms. The summed E-state index contributed by atoms with van der Waals surface area (Å²) in [6.07, 6.45) is 4.98. The van der Waals surface area contributed by atoms with Crippen LogP contribution >= 0.6 is 0 Å². The Labute approximate surface area is 194 Å². The van der Waals surface area contributed by atoms with E-state index in [1.54, 1.807) is 25.3 Å². The molecule has 0 aliphatic carbocycles. The predicted octanol–water partition coefficient (Wildman–Crippen LogP) is 4.99. The molecule has 3 heterocycles. The van der Waals surface area contributed by atoms with Crippen LogP contribution in [-0.4, -0.2) is 40.6 Å². The second kappa shape index (κ2) is 8.27. The summed E-state index contributed by atoms with van der Waals surface area (Å²) < 4.78 is 13.5. The fourth-order valence-corrected chi connectivity index (χ4v) is 5.38. The van der Waals surface area contributed by atoms with Crippen LogP contribution in [0.25, 0.3) is 17.0 Å². The van der Waals surface area contributed by atoms with Crippen molar-refractivity contribution in [1.29, 1.82) is 0 Å². The number of Topliss-reactive ketones (excluding diaryl/α,β-unsaturated/α-hetero) is 1. The number of nitrogens with zero attached hydrogens (tertiary/aromatic N) is 2. The number of ether oxygens (including phenoxy) is 2. The molecular formula is C27H30N2O4. The maximum absolute atomic E-state index is 13.2. The summed E-state index contributed by atoms with van der Waals surface area (Å²) >= 11 is 0. The molecule has 5 rings (SSSR count).